The molecule has 29 heavy (non-hydrogen) atoms. The molecule has 0 spiro atoms. The number of amides is 2. The minimum Gasteiger partial charge on any atom is -0.337 e. The second-order valence-corrected chi connectivity index (χ2v) is 8.05. The minimum atomic E-state index is -0.178. The highest BCUT2D eigenvalue weighted by Gasteiger charge is 2.20. The summed E-state index contributed by atoms with van der Waals surface area (Å²) < 4.78 is 13.6. The van der Waals surface area contributed by atoms with Gasteiger partial charge in [-0.25, -0.2) is 9.18 Å². The molecule has 1 aliphatic rings. The lowest BCUT2D eigenvalue weighted by Gasteiger charge is -2.34. The second kappa shape index (κ2) is 10.8. The third-order valence-electron chi connectivity index (χ3n) is 4.89. The monoisotopic (exact) mass is 412 g/mol. The Morgan fingerprint density at radius 3 is 2.52 bits per heavy atom. The average molecular weight is 413 g/mol. The first-order valence-electron chi connectivity index (χ1n) is 9.71. The molecule has 3 rings (SSSR count). The van der Waals surface area contributed by atoms with Crippen molar-refractivity contribution in [1.82, 2.24) is 15.1 Å². The Kier molecular flexibility index (Phi) is 7.91. The van der Waals surface area contributed by atoms with Crippen LogP contribution in [0.15, 0.2) is 48.5 Å². The van der Waals surface area contributed by atoms with E-state index in [0.29, 0.717) is 36.5 Å². The fraction of sp³-hybridized carbons (Fsp3) is 0.364. The van der Waals surface area contributed by atoms with Gasteiger partial charge >= 0.3 is 6.03 Å². The lowest BCUT2D eigenvalue weighted by Crippen LogP contribution is -2.51. The van der Waals surface area contributed by atoms with Gasteiger partial charge in [0.25, 0.3) is 0 Å². The van der Waals surface area contributed by atoms with Gasteiger partial charge in [-0.3, -0.25) is 4.90 Å². The first-order valence-corrected chi connectivity index (χ1v) is 10.9. The summed E-state index contributed by atoms with van der Waals surface area (Å²) in [5, 5.41) is 11.8. The van der Waals surface area contributed by atoms with Crippen LogP contribution >= 0.6 is 11.8 Å². The summed E-state index contributed by atoms with van der Waals surface area (Å²) in [6.07, 6.45) is 0. The highest BCUT2D eigenvalue weighted by atomic mass is 32.2. The van der Waals surface area contributed by atoms with E-state index in [2.05, 4.69) is 16.3 Å². The first-order chi connectivity index (χ1) is 14.2. The number of hydrogen-bond acceptors (Lipinski definition) is 4. The van der Waals surface area contributed by atoms with Crippen molar-refractivity contribution in [3.63, 3.8) is 0 Å². The van der Waals surface area contributed by atoms with Crippen molar-refractivity contribution < 1.29 is 9.18 Å². The highest BCUT2D eigenvalue weighted by Crippen LogP contribution is 2.15. The molecule has 2 amide bonds. The lowest BCUT2D eigenvalue weighted by molar-refractivity contribution is 0.135. The summed E-state index contributed by atoms with van der Waals surface area (Å²) in [4.78, 5) is 16.5. The zero-order valence-electron chi connectivity index (χ0n) is 16.3. The molecule has 2 aromatic carbocycles. The number of rotatable bonds is 7. The molecule has 0 unspecified atom stereocenters. The summed E-state index contributed by atoms with van der Waals surface area (Å²) in [6.45, 7) is 4.46. The Hall–Kier alpha value is -2.56. The maximum absolute atomic E-state index is 13.6. The lowest BCUT2D eigenvalue weighted by atomic mass is 10.1. The number of carbonyl (C=O) groups excluding carboxylic acids is 1. The quantitative estimate of drug-likeness (QED) is 0.708. The number of nitrogens with zero attached hydrogens (tertiary/aromatic N) is 3. The van der Waals surface area contributed by atoms with Gasteiger partial charge in [0.2, 0.25) is 0 Å². The van der Waals surface area contributed by atoms with Crippen LogP contribution in [0.5, 0.6) is 0 Å². The Morgan fingerprint density at radius 2 is 1.83 bits per heavy atom. The SMILES string of the molecule is N#Cc1ccc(CN2CCN(C(=O)NCCSCc3ccccc3F)CC2)cc1. The third kappa shape index (κ3) is 6.48. The molecule has 1 saturated heterocycles. The van der Waals surface area contributed by atoms with Gasteiger partial charge in [-0.05, 0) is 29.3 Å². The molecule has 0 saturated carbocycles. The average Bonchev–Trinajstić information content (AvgIpc) is 2.75. The van der Waals surface area contributed by atoms with Gasteiger partial charge in [0.05, 0.1) is 11.6 Å². The zero-order valence-corrected chi connectivity index (χ0v) is 17.1. The third-order valence-corrected chi connectivity index (χ3v) is 5.89. The summed E-state index contributed by atoms with van der Waals surface area (Å²) in [5.41, 5.74) is 2.54. The molecule has 1 fully saturated rings. The smallest absolute Gasteiger partial charge is 0.317 e. The number of nitrogens with one attached hydrogen (secondary N) is 1. The van der Waals surface area contributed by atoms with E-state index in [0.717, 1.165) is 25.4 Å². The highest BCUT2D eigenvalue weighted by molar-refractivity contribution is 7.98. The maximum Gasteiger partial charge on any atom is 0.317 e. The number of urea groups is 1. The molecule has 7 heteroatoms. The predicted molar refractivity (Wildman–Crippen MR) is 114 cm³/mol. The van der Waals surface area contributed by atoms with E-state index in [1.807, 2.05) is 35.2 Å². The molecule has 152 valence electrons. The molecular formula is C22H25FN4OS. The Balaban J connectivity index is 1.31. The van der Waals surface area contributed by atoms with Gasteiger partial charge in [0, 0.05) is 50.8 Å². The molecule has 1 heterocycles. The number of benzene rings is 2. The van der Waals surface area contributed by atoms with Crippen LogP contribution in [0, 0.1) is 17.1 Å². The Morgan fingerprint density at radius 1 is 1.10 bits per heavy atom. The summed E-state index contributed by atoms with van der Waals surface area (Å²) in [7, 11) is 0. The normalized spacial score (nSPS) is 14.4. The number of halogens is 1. The van der Waals surface area contributed by atoms with E-state index in [9.17, 15) is 9.18 Å². The zero-order chi connectivity index (χ0) is 20.5. The van der Waals surface area contributed by atoms with Crippen molar-refractivity contribution in [2.75, 3.05) is 38.5 Å². The minimum absolute atomic E-state index is 0.0329. The van der Waals surface area contributed by atoms with E-state index < -0.39 is 0 Å². The number of nitriles is 1. The van der Waals surface area contributed by atoms with Crippen LogP contribution in [0.3, 0.4) is 0 Å². The van der Waals surface area contributed by atoms with Crippen molar-refractivity contribution in [3.8, 4) is 6.07 Å². The van der Waals surface area contributed by atoms with Crippen LogP contribution in [0.2, 0.25) is 0 Å². The number of piperazine rings is 1. The fourth-order valence-corrected chi connectivity index (χ4v) is 4.04. The van der Waals surface area contributed by atoms with Crippen LogP contribution in [-0.4, -0.2) is 54.3 Å². The Bertz CT molecular complexity index is 845. The van der Waals surface area contributed by atoms with E-state index in [4.69, 9.17) is 5.26 Å². The summed E-state index contributed by atoms with van der Waals surface area (Å²) >= 11 is 1.61. The number of thioether (sulfide) groups is 1. The molecule has 0 bridgehead atoms. The van der Waals surface area contributed by atoms with Gasteiger partial charge in [-0.2, -0.15) is 17.0 Å². The molecule has 0 aliphatic carbocycles. The predicted octanol–water partition coefficient (Wildman–Crippen LogP) is 3.46. The van der Waals surface area contributed by atoms with Crippen molar-refractivity contribution in [3.05, 3.63) is 71.0 Å². The van der Waals surface area contributed by atoms with Crippen LogP contribution < -0.4 is 5.32 Å². The molecule has 0 aromatic heterocycles. The summed E-state index contributed by atoms with van der Waals surface area (Å²) in [6, 6.07) is 16.5. The van der Waals surface area contributed by atoms with Gasteiger partial charge in [-0.1, -0.05) is 30.3 Å². The van der Waals surface area contributed by atoms with E-state index in [1.54, 1.807) is 23.9 Å². The molecule has 0 radical (unpaired) electrons. The molecule has 5 nitrogen and oxygen atoms in total. The first kappa shape index (κ1) is 21.2. The van der Waals surface area contributed by atoms with Gasteiger partial charge in [-0.15, -0.1) is 0 Å². The largest absolute Gasteiger partial charge is 0.337 e. The van der Waals surface area contributed by atoms with Gasteiger partial charge in [0.15, 0.2) is 0 Å². The number of carbonyl (C=O) groups is 1. The fourth-order valence-electron chi connectivity index (χ4n) is 3.19. The van der Waals surface area contributed by atoms with Crippen LogP contribution in [0.4, 0.5) is 9.18 Å². The van der Waals surface area contributed by atoms with E-state index >= 15 is 0 Å². The molecule has 2 aromatic rings. The molecule has 0 atom stereocenters. The van der Waals surface area contributed by atoms with Crippen LogP contribution in [-0.2, 0) is 12.3 Å². The van der Waals surface area contributed by atoms with Gasteiger partial charge in [0.1, 0.15) is 5.82 Å². The van der Waals surface area contributed by atoms with Crippen molar-refractivity contribution >= 4 is 17.8 Å². The van der Waals surface area contributed by atoms with E-state index in [-0.39, 0.29) is 11.8 Å². The molecule has 1 aliphatic heterocycles. The summed E-state index contributed by atoms with van der Waals surface area (Å²) in [5.74, 6) is 1.18. The number of hydrogen-bond donors (Lipinski definition) is 1. The molecular weight excluding hydrogens is 387 g/mol. The van der Waals surface area contributed by atoms with Crippen LogP contribution in [0.25, 0.3) is 0 Å². The van der Waals surface area contributed by atoms with Crippen LogP contribution in [0.1, 0.15) is 16.7 Å². The van der Waals surface area contributed by atoms with Crippen molar-refractivity contribution in [2.24, 2.45) is 0 Å². The maximum atomic E-state index is 13.6. The van der Waals surface area contributed by atoms with E-state index in [1.165, 1.54) is 11.6 Å². The topological polar surface area (TPSA) is 59.4 Å². The van der Waals surface area contributed by atoms with Gasteiger partial charge < -0.3 is 10.2 Å². The molecule has 1 N–H and O–H groups in total. The standard InChI is InChI=1S/C22H25FN4OS/c23-21-4-2-1-3-20(21)17-29-14-9-25-22(28)27-12-10-26(11-13-27)16-19-7-5-18(15-24)6-8-19/h1-8H,9-14,16-17H2,(H,25,28). The Labute approximate surface area is 175 Å². The second-order valence-electron chi connectivity index (χ2n) is 6.95. The van der Waals surface area contributed by atoms with Crippen molar-refractivity contribution in [2.45, 2.75) is 12.3 Å². The van der Waals surface area contributed by atoms with Crippen molar-refractivity contribution in [1.29, 1.82) is 5.26 Å².